The zero-order chi connectivity index (χ0) is 25.2. The van der Waals surface area contributed by atoms with Crippen LogP contribution < -0.4 is 5.73 Å². The second-order valence-corrected chi connectivity index (χ2v) is 10.9. The minimum absolute atomic E-state index is 0.244. The highest BCUT2D eigenvalue weighted by Gasteiger charge is 2.30. The highest BCUT2D eigenvalue weighted by atomic mass is 14.5. The third-order valence-corrected chi connectivity index (χ3v) is 7.68. The van der Waals surface area contributed by atoms with Crippen molar-refractivity contribution in [3.63, 3.8) is 0 Å². The summed E-state index contributed by atoms with van der Waals surface area (Å²) < 4.78 is 0. The van der Waals surface area contributed by atoms with Crippen LogP contribution in [0.1, 0.15) is 93.7 Å². The summed E-state index contributed by atoms with van der Waals surface area (Å²) in [4.78, 5) is 0. The molecule has 0 saturated carbocycles. The van der Waals surface area contributed by atoms with Crippen LogP contribution in [0.25, 0.3) is 0 Å². The molecule has 1 heteroatoms. The van der Waals surface area contributed by atoms with Gasteiger partial charge in [0.15, 0.2) is 0 Å². The second-order valence-electron chi connectivity index (χ2n) is 10.9. The van der Waals surface area contributed by atoms with Crippen LogP contribution in [0.5, 0.6) is 0 Å². The average molecular weight is 484 g/mol. The maximum Gasteiger partial charge on any atom is -0.00773 e. The summed E-state index contributed by atoms with van der Waals surface area (Å²) >= 11 is 0. The molecular formula is C35H49N. The quantitative estimate of drug-likeness (QED) is 0.169. The first-order valence-electron chi connectivity index (χ1n) is 14.6. The Morgan fingerprint density at radius 3 is 1.03 bits per heavy atom. The van der Waals surface area contributed by atoms with E-state index in [1.54, 1.807) is 0 Å². The fourth-order valence-electron chi connectivity index (χ4n) is 5.77. The molecule has 36 heavy (non-hydrogen) atoms. The Morgan fingerprint density at radius 2 is 0.694 bits per heavy atom. The number of benzene rings is 3. The van der Waals surface area contributed by atoms with Crippen molar-refractivity contribution in [2.24, 2.45) is 11.1 Å². The Balaban J connectivity index is 1.56. The number of hydrogen-bond donors (Lipinski definition) is 1. The summed E-state index contributed by atoms with van der Waals surface area (Å²) in [5.74, 6) is 0. The van der Waals surface area contributed by atoms with E-state index in [-0.39, 0.29) is 5.41 Å². The first kappa shape index (κ1) is 28.2. The van der Waals surface area contributed by atoms with Gasteiger partial charge in [-0.05, 0) is 60.8 Å². The minimum atomic E-state index is 0.244. The van der Waals surface area contributed by atoms with Crippen LogP contribution in [0.2, 0.25) is 0 Å². The smallest absolute Gasteiger partial charge is 0.00773 e. The van der Waals surface area contributed by atoms with Gasteiger partial charge in [0.25, 0.3) is 0 Å². The lowest BCUT2D eigenvalue weighted by atomic mass is 9.69. The van der Waals surface area contributed by atoms with Crippen molar-refractivity contribution in [1.82, 2.24) is 0 Å². The van der Waals surface area contributed by atoms with Gasteiger partial charge in [0.05, 0.1) is 0 Å². The summed E-state index contributed by atoms with van der Waals surface area (Å²) in [6.45, 7) is 0.851. The number of hydrogen-bond acceptors (Lipinski definition) is 1. The van der Waals surface area contributed by atoms with Gasteiger partial charge >= 0.3 is 0 Å². The summed E-state index contributed by atoms with van der Waals surface area (Å²) in [6.07, 6.45) is 19.6. The molecule has 0 aliphatic rings. The Hall–Kier alpha value is -2.38. The molecule has 0 aliphatic carbocycles. The fourth-order valence-corrected chi connectivity index (χ4v) is 5.77. The van der Waals surface area contributed by atoms with Gasteiger partial charge in [0, 0.05) is 0 Å². The van der Waals surface area contributed by atoms with Crippen molar-refractivity contribution < 1.29 is 0 Å². The third kappa shape index (κ3) is 11.1. The van der Waals surface area contributed by atoms with Gasteiger partial charge in [0.1, 0.15) is 0 Å². The fraction of sp³-hybridized carbons (Fsp3) is 0.486. The van der Waals surface area contributed by atoms with E-state index in [4.69, 9.17) is 5.73 Å². The Labute approximate surface area is 221 Å². The van der Waals surface area contributed by atoms with Gasteiger partial charge in [-0.3, -0.25) is 0 Å². The maximum absolute atomic E-state index is 5.59. The number of unbranched alkanes of at least 4 members (excludes halogenated alkanes) is 10. The lowest BCUT2D eigenvalue weighted by molar-refractivity contribution is 0.243. The van der Waals surface area contributed by atoms with Crippen molar-refractivity contribution in [1.29, 1.82) is 0 Å². The molecule has 0 aromatic heterocycles. The highest BCUT2D eigenvalue weighted by molar-refractivity contribution is 5.24. The molecule has 0 spiro atoms. The van der Waals surface area contributed by atoms with Crippen molar-refractivity contribution in [3.8, 4) is 0 Å². The molecule has 0 radical (unpaired) electrons. The minimum Gasteiger partial charge on any atom is -0.330 e. The van der Waals surface area contributed by atoms with E-state index in [2.05, 4.69) is 91.0 Å². The molecule has 0 amide bonds. The first-order chi connectivity index (χ1) is 17.8. The summed E-state index contributed by atoms with van der Waals surface area (Å²) in [5, 5.41) is 0. The van der Waals surface area contributed by atoms with Crippen LogP contribution in [0.15, 0.2) is 91.0 Å². The Kier molecular flexibility index (Phi) is 13.4. The van der Waals surface area contributed by atoms with E-state index in [0.29, 0.717) is 0 Å². The molecule has 3 rings (SSSR count). The topological polar surface area (TPSA) is 26.0 Å². The molecule has 3 aromatic rings. The van der Waals surface area contributed by atoms with Gasteiger partial charge in [-0.1, -0.05) is 155 Å². The molecule has 0 unspecified atom stereocenters. The van der Waals surface area contributed by atoms with Crippen LogP contribution in [-0.2, 0) is 19.3 Å². The zero-order valence-corrected chi connectivity index (χ0v) is 22.6. The van der Waals surface area contributed by atoms with E-state index >= 15 is 0 Å². The lowest BCUT2D eigenvalue weighted by Gasteiger charge is -2.35. The summed E-state index contributed by atoms with van der Waals surface area (Å²) in [7, 11) is 0. The van der Waals surface area contributed by atoms with Gasteiger partial charge < -0.3 is 5.73 Å². The molecule has 0 fully saturated rings. The summed E-state index contributed by atoms with van der Waals surface area (Å²) in [6, 6.07) is 33.5. The standard InChI is InChI=1S/C35H49N/c36-28-20-9-7-5-3-1-2-4-6-8-19-27-35(29-32-21-13-10-14-22-32,30-33-23-15-11-16-24-33)31-34-25-17-12-18-26-34/h10-18,21-26H,1-9,19-20,27-31,36H2. The van der Waals surface area contributed by atoms with Gasteiger partial charge in [0.2, 0.25) is 0 Å². The van der Waals surface area contributed by atoms with Crippen LogP contribution in [0.3, 0.4) is 0 Å². The van der Waals surface area contributed by atoms with Crippen molar-refractivity contribution in [2.75, 3.05) is 6.54 Å². The molecule has 0 aliphatic heterocycles. The van der Waals surface area contributed by atoms with Gasteiger partial charge in [-0.15, -0.1) is 0 Å². The van der Waals surface area contributed by atoms with E-state index in [1.807, 2.05) is 0 Å². The monoisotopic (exact) mass is 483 g/mol. The van der Waals surface area contributed by atoms with E-state index in [9.17, 15) is 0 Å². The lowest BCUT2D eigenvalue weighted by Crippen LogP contribution is -2.30. The van der Waals surface area contributed by atoms with Crippen molar-refractivity contribution in [2.45, 2.75) is 96.3 Å². The molecule has 194 valence electrons. The van der Waals surface area contributed by atoms with Gasteiger partial charge in [-0.25, -0.2) is 0 Å². The largest absolute Gasteiger partial charge is 0.330 e. The normalized spacial score (nSPS) is 11.6. The first-order valence-corrected chi connectivity index (χ1v) is 14.6. The number of nitrogens with two attached hydrogens (primary N) is 1. The van der Waals surface area contributed by atoms with E-state index < -0.39 is 0 Å². The van der Waals surface area contributed by atoms with Crippen LogP contribution in [0.4, 0.5) is 0 Å². The molecule has 0 heterocycles. The van der Waals surface area contributed by atoms with Gasteiger partial charge in [-0.2, -0.15) is 0 Å². The molecule has 2 N–H and O–H groups in total. The molecule has 1 nitrogen and oxygen atoms in total. The molecular weight excluding hydrogens is 434 g/mol. The molecule has 0 atom stereocenters. The number of rotatable bonds is 19. The van der Waals surface area contributed by atoms with Crippen molar-refractivity contribution in [3.05, 3.63) is 108 Å². The SMILES string of the molecule is NCCCCCCCCCCCCCC(Cc1ccccc1)(Cc1ccccc1)Cc1ccccc1. The third-order valence-electron chi connectivity index (χ3n) is 7.68. The zero-order valence-electron chi connectivity index (χ0n) is 22.6. The summed E-state index contributed by atoms with van der Waals surface area (Å²) in [5.41, 5.74) is 10.2. The highest BCUT2D eigenvalue weighted by Crippen LogP contribution is 2.37. The Morgan fingerprint density at radius 1 is 0.389 bits per heavy atom. The predicted octanol–water partition coefficient (Wildman–Crippen LogP) is 9.34. The van der Waals surface area contributed by atoms with Crippen LogP contribution in [-0.4, -0.2) is 6.54 Å². The predicted molar refractivity (Wildman–Crippen MR) is 157 cm³/mol. The maximum atomic E-state index is 5.59. The van der Waals surface area contributed by atoms with E-state index in [0.717, 1.165) is 25.8 Å². The second kappa shape index (κ2) is 17.1. The Bertz CT molecular complexity index is 802. The van der Waals surface area contributed by atoms with Crippen LogP contribution in [0, 0.1) is 5.41 Å². The molecule has 0 saturated heterocycles. The molecule has 3 aromatic carbocycles. The van der Waals surface area contributed by atoms with E-state index in [1.165, 1.54) is 93.7 Å². The van der Waals surface area contributed by atoms with Crippen molar-refractivity contribution >= 4 is 0 Å². The average Bonchev–Trinajstić information content (AvgIpc) is 2.91. The molecule has 0 bridgehead atoms. The van der Waals surface area contributed by atoms with Crippen LogP contribution >= 0.6 is 0 Å².